The summed E-state index contributed by atoms with van der Waals surface area (Å²) in [5, 5.41) is 23.0. The maximum atomic E-state index is 12.5. The fraction of sp³-hybridized carbons (Fsp3) is 0.286. The number of aromatic hydroxyl groups is 1. The van der Waals surface area contributed by atoms with Gasteiger partial charge in [0, 0.05) is 40.5 Å². The number of esters is 1. The standard InChI is InChI=1S/C21H21NO6/c1-3-27-21(26)17-12(2)28-20-14-8-5-4-7-13(14)19(25)15(18(17)20)11-22-10-6-9-16(23)24/h4-5,7-8,11,25H,3,6,9-10H2,1-2H3,(H,23,24)/p-1. The number of rotatable bonds is 7. The van der Waals surface area contributed by atoms with Crippen molar-refractivity contribution in [2.75, 3.05) is 13.2 Å². The topological polar surface area (TPSA) is 112 Å². The van der Waals surface area contributed by atoms with E-state index in [1.807, 2.05) is 6.07 Å². The van der Waals surface area contributed by atoms with Crippen molar-refractivity contribution in [2.45, 2.75) is 26.7 Å². The third-order valence-corrected chi connectivity index (χ3v) is 4.40. The van der Waals surface area contributed by atoms with Gasteiger partial charge in [0.15, 0.2) is 0 Å². The quantitative estimate of drug-likeness (QED) is 0.382. The molecular formula is C21H20NO6-. The lowest BCUT2D eigenvalue weighted by atomic mass is 9.98. The molecule has 7 heteroatoms. The molecular weight excluding hydrogens is 362 g/mol. The van der Waals surface area contributed by atoms with E-state index in [1.165, 1.54) is 6.21 Å². The van der Waals surface area contributed by atoms with Gasteiger partial charge in [0.2, 0.25) is 0 Å². The minimum atomic E-state index is -1.14. The summed E-state index contributed by atoms with van der Waals surface area (Å²) in [6.45, 7) is 3.82. The Kier molecular flexibility index (Phi) is 5.63. The zero-order valence-corrected chi connectivity index (χ0v) is 15.7. The van der Waals surface area contributed by atoms with Crippen LogP contribution in [0.1, 0.15) is 41.4 Å². The molecule has 28 heavy (non-hydrogen) atoms. The number of carbonyl (C=O) groups is 2. The second-order valence-corrected chi connectivity index (χ2v) is 6.28. The van der Waals surface area contributed by atoms with Crippen molar-refractivity contribution in [3.05, 3.63) is 41.2 Å². The molecule has 0 spiro atoms. The van der Waals surface area contributed by atoms with Gasteiger partial charge in [-0.2, -0.15) is 0 Å². The molecule has 0 fully saturated rings. The molecule has 2 aromatic carbocycles. The van der Waals surface area contributed by atoms with Crippen LogP contribution in [0.25, 0.3) is 21.7 Å². The Hall–Kier alpha value is -3.35. The highest BCUT2D eigenvalue weighted by Gasteiger charge is 2.25. The normalized spacial score (nSPS) is 11.5. The zero-order chi connectivity index (χ0) is 20.3. The van der Waals surface area contributed by atoms with Crippen molar-refractivity contribution in [3.8, 4) is 5.75 Å². The minimum absolute atomic E-state index is 0.0295. The lowest BCUT2D eigenvalue weighted by molar-refractivity contribution is -0.305. The SMILES string of the molecule is CCOC(=O)c1c(C)oc2c1c(C=NCCCC(=O)[O-])c(O)c1ccccc12. The minimum Gasteiger partial charge on any atom is -0.550 e. The Labute approximate surface area is 161 Å². The number of hydrogen-bond donors (Lipinski definition) is 1. The van der Waals surface area contributed by atoms with Crippen LogP contribution in [0.5, 0.6) is 5.75 Å². The molecule has 1 heterocycles. The smallest absolute Gasteiger partial charge is 0.342 e. The molecule has 0 amide bonds. The Morgan fingerprint density at radius 2 is 2.00 bits per heavy atom. The highest BCUT2D eigenvalue weighted by Crippen LogP contribution is 2.40. The molecule has 0 bridgehead atoms. The molecule has 7 nitrogen and oxygen atoms in total. The number of aliphatic carboxylic acids is 1. The molecule has 1 aromatic heterocycles. The lowest BCUT2D eigenvalue weighted by Crippen LogP contribution is -2.21. The molecule has 0 aliphatic heterocycles. The van der Waals surface area contributed by atoms with Crippen molar-refractivity contribution >= 4 is 39.9 Å². The number of phenols is 1. The average Bonchev–Trinajstić information content (AvgIpc) is 3.01. The molecule has 3 aromatic rings. The van der Waals surface area contributed by atoms with Gasteiger partial charge in [-0.15, -0.1) is 0 Å². The van der Waals surface area contributed by atoms with Gasteiger partial charge in [-0.3, -0.25) is 4.99 Å². The summed E-state index contributed by atoms with van der Waals surface area (Å²) in [4.78, 5) is 27.3. The van der Waals surface area contributed by atoms with Gasteiger partial charge in [0.1, 0.15) is 22.7 Å². The van der Waals surface area contributed by atoms with Crippen molar-refractivity contribution < 1.29 is 29.0 Å². The van der Waals surface area contributed by atoms with Crippen LogP contribution in [0.3, 0.4) is 0 Å². The van der Waals surface area contributed by atoms with E-state index in [4.69, 9.17) is 9.15 Å². The fourth-order valence-electron chi connectivity index (χ4n) is 3.19. The molecule has 0 saturated heterocycles. The molecule has 0 radical (unpaired) electrons. The highest BCUT2D eigenvalue weighted by molar-refractivity contribution is 6.21. The molecule has 146 valence electrons. The first-order valence-corrected chi connectivity index (χ1v) is 8.99. The monoisotopic (exact) mass is 382 g/mol. The van der Waals surface area contributed by atoms with Gasteiger partial charge in [-0.05, 0) is 26.7 Å². The molecule has 0 saturated carbocycles. The number of furan rings is 1. The van der Waals surface area contributed by atoms with Crippen LogP contribution in [-0.4, -0.2) is 36.4 Å². The molecule has 0 unspecified atom stereocenters. The van der Waals surface area contributed by atoms with Gasteiger partial charge in [-0.25, -0.2) is 4.79 Å². The van der Waals surface area contributed by atoms with Crippen molar-refractivity contribution in [2.24, 2.45) is 4.99 Å². The van der Waals surface area contributed by atoms with Crippen LogP contribution in [0.4, 0.5) is 0 Å². The van der Waals surface area contributed by atoms with Crippen LogP contribution < -0.4 is 5.11 Å². The predicted molar refractivity (Wildman–Crippen MR) is 103 cm³/mol. The average molecular weight is 382 g/mol. The molecule has 3 rings (SSSR count). The number of hydrogen-bond acceptors (Lipinski definition) is 7. The second kappa shape index (κ2) is 8.12. The third kappa shape index (κ3) is 3.55. The van der Waals surface area contributed by atoms with E-state index < -0.39 is 11.9 Å². The van der Waals surface area contributed by atoms with Crippen LogP contribution in [-0.2, 0) is 9.53 Å². The van der Waals surface area contributed by atoms with E-state index >= 15 is 0 Å². The Bertz CT molecular complexity index is 1080. The molecule has 1 N–H and O–H groups in total. The maximum Gasteiger partial charge on any atom is 0.342 e. The summed E-state index contributed by atoms with van der Waals surface area (Å²) in [5.41, 5.74) is 1.04. The third-order valence-electron chi connectivity index (χ3n) is 4.40. The van der Waals surface area contributed by atoms with E-state index in [2.05, 4.69) is 4.99 Å². The highest BCUT2D eigenvalue weighted by atomic mass is 16.5. The van der Waals surface area contributed by atoms with E-state index in [9.17, 15) is 19.8 Å². The Morgan fingerprint density at radius 3 is 2.68 bits per heavy atom. The van der Waals surface area contributed by atoms with Crippen molar-refractivity contribution in [1.82, 2.24) is 0 Å². The summed E-state index contributed by atoms with van der Waals surface area (Å²) in [6.07, 6.45) is 1.65. The number of carbonyl (C=O) groups excluding carboxylic acids is 2. The summed E-state index contributed by atoms with van der Waals surface area (Å²) >= 11 is 0. The van der Waals surface area contributed by atoms with E-state index in [-0.39, 0.29) is 30.9 Å². The summed E-state index contributed by atoms with van der Waals surface area (Å²) in [7, 11) is 0. The van der Waals surface area contributed by atoms with Crippen LogP contribution in [0, 0.1) is 6.92 Å². The van der Waals surface area contributed by atoms with Crippen molar-refractivity contribution in [1.29, 1.82) is 0 Å². The van der Waals surface area contributed by atoms with Gasteiger partial charge >= 0.3 is 5.97 Å². The van der Waals surface area contributed by atoms with Gasteiger partial charge in [-0.1, -0.05) is 24.3 Å². The van der Waals surface area contributed by atoms with Gasteiger partial charge in [0.05, 0.1) is 6.61 Å². The number of carboxylic acid groups (broad SMARTS) is 1. The second-order valence-electron chi connectivity index (χ2n) is 6.28. The summed E-state index contributed by atoms with van der Waals surface area (Å²) in [6, 6.07) is 7.16. The first-order chi connectivity index (χ1) is 13.5. The number of ether oxygens (including phenoxy) is 1. The largest absolute Gasteiger partial charge is 0.550 e. The van der Waals surface area contributed by atoms with Crippen LogP contribution in [0.15, 0.2) is 33.7 Å². The van der Waals surface area contributed by atoms with E-state index in [0.717, 1.165) is 0 Å². The number of benzene rings is 2. The van der Waals surface area contributed by atoms with Gasteiger partial charge < -0.3 is 24.2 Å². The van der Waals surface area contributed by atoms with Crippen LogP contribution >= 0.6 is 0 Å². The Balaban J connectivity index is 2.20. The summed E-state index contributed by atoms with van der Waals surface area (Å²) < 4.78 is 11.0. The molecule has 0 aliphatic carbocycles. The van der Waals surface area contributed by atoms with Crippen LogP contribution in [0.2, 0.25) is 0 Å². The number of phenolic OH excluding ortho intramolecular Hbond substituents is 1. The van der Waals surface area contributed by atoms with Crippen molar-refractivity contribution in [3.63, 3.8) is 0 Å². The fourth-order valence-corrected chi connectivity index (χ4v) is 3.19. The number of nitrogens with zero attached hydrogens (tertiary/aromatic N) is 1. The predicted octanol–water partition coefficient (Wildman–Crippen LogP) is 2.73. The number of aliphatic imine (C=N–C) groups is 1. The summed E-state index contributed by atoms with van der Waals surface area (Å²) in [5.74, 6) is -1.32. The van der Waals surface area contributed by atoms with E-state index in [1.54, 1.807) is 32.0 Å². The maximum absolute atomic E-state index is 12.5. The lowest BCUT2D eigenvalue weighted by Gasteiger charge is -2.08. The first kappa shape index (κ1) is 19.4. The zero-order valence-electron chi connectivity index (χ0n) is 15.7. The molecule has 0 aliphatic rings. The number of carboxylic acids is 1. The van der Waals surface area contributed by atoms with Gasteiger partial charge in [0.25, 0.3) is 0 Å². The first-order valence-electron chi connectivity index (χ1n) is 8.99. The molecule has 0 atom stereocenters. The Morgan fingerprint density at radius 1 is 1.29 bits per heavy atom. The van der Waals surface area contributed by atoms with E-state index in [0.29, 0.717) is 39.5 Å². The number of aryl methyl sites for hydroxylation is 1. The number of fused-ring (bicyclic) bond motifs is 3.